The number of nitrogens with zero attached hydrogens (tertiary/aromatic N) is 2. The second-order valence-corrected chi connectivity index (χ2v) is 7.14. The highest BCUT2D eigenvalue weighted by Crippen LogP contribution is 2.37. The third-order valence-corrected chi connectivity index (χ3v) is 5.17. The molecule has 122 valence electrons. The van der Waals surface area contributed by atoms with Gasteiger partial charge in [-0.2, -0.15) is 0 Å². The minimum Gasteiger partial charge on any atom is -0.466 e. The van der Waals surface area contributed by atoms with E-state index in [0.29, 0.717) is 12.3 Å². The molecule has 0 radical (unpaired) electrons. The molecule has 2 aromatic rings. The number of ether oxygens (including phenoxy) is 1. The smallest absolute Gasteiger partial charge is 0.311 e. The van der Waals surface area contributed by atoms with Crippen LogP contribution < -0.4 is 0 Å². The maximum absolute atomic E-state index is 11.4. The summed E-state index contributed by atoms with van der Waals surface area (Å²) in [5.41, 5.74) is 1.63. The topological polar surface area (TPSA) is 82.3 Å². The number of esters is 1. The summed E-state index contributed by atoms with van der Waals surface area (Å²) in [5, 5.41) is 12.7. The van der Waals surface area contributed by atoms with Crippen molar-refractivity contribution in [2.45, 2.75) is 29.9 Å². The van der Waals surface area contributed by atoms with Crippen LogP contribution in [-0.2, 0) is 16.0 Å². The number of aromatic nitrogens is 1. The van der Waals surface area contributed by atoms with Crippen molar-refractivity contribution in [3.8, 4) is 0 Å². The van der Waals surface area contributed by atoms with Crippen molar-refractivity contribution in [3.05, 3.63) is 51.0 Å². The highest BCUT2D eigenvalue weighted by molar-refractivity contribution is 8.01. The molecular formula is C15H16N2O4S2. The minimum atomic E-state index is -0.401. The van der Waals surface area contributed by atoms with Crippen molar-refractivity contribution < 1.29 is 14.5 Å². The Morgan fingerprint density at radius 2 is 2.30 bits per heavy atom. The number of nitro benzene ring substituents is 1. The van der Waals surface area contributed by atoms with Gasteiger partial charge in [-0.05, 0) is 19.4 Å². The van der Waals surface area contributed by atoms with Crippen LogP contribution in [0.15, 0.2) is 34.0 Å². The monoisotopic (exact) mass is 352 g/mol. The van der Waals surface area contributed by atoms with Gasteiger partial charge in [0.15, 0.2) is 4.34 Å². The molecule has 6 nitrogen and oxygen atoms in total. The molecule has 0 saturated carbocycles. The number of hydrogen-bond donors (Lipinski definition) is 0. The van der Waals surface area contributed by atoms with E-state index in [0.717, 1.165) is 9.90 Å². The zero-order valence-corrected chi connectivity index (χ0v) is 14.4. The first-order chi connectivity index (χ1) is 11.0. The molecule has 2 rings (SSSR count). The molecule has 0 bridgehead atoms. The summed E-state index contributed by atoms with van der Waals surface area (Å²) in [7, 11) is 0. The first kappa shape index (κ1) is 17.4. The zero-order chi connectivity index (χ0) is 16.8. The zero-order valence-electron chi connectivity index (χ0n) is 12.7. The SMILES string of the molecule is CCOC(=O)Cc1csc(S[C@H](C)c2cccc([N+](=O)[O-])c2)n1. The third-order valence-electron chi connectivity index (χ3n) is 2.99. The number of hydrogen-bond acceptors (Lipinski definition) is 7. The Labute approximate surface area is 142 Å². The Hall–Kier alpha value is -1.93. The van der Waals surface area contributed by atoms with Gasteiger partial charge in [0.25, 0.3) is 5.69 Å². The van der Waals surface area contributed by atoms with Crippen molar-refractivity contribution in [1.82, 2.24) is 4.98 Å². The van der Waals surface area contributed by atoms with Gasteiger partial charge in [0.2, 0.25) is 0 Å². The lowest BCUT2D eigenvalue weighted by Gasteiger charge is -2.09. The molecular weight excluding hydrogens is 336 g/mol. The molecule has 1 aromatic carbocycles. The number of rotatable bonds is 7. The van der Waals surface area contributed by atoms with E-state index in [2.05, 4.69) is 4.98 Å². The molecule has 0 unspecified atom stereocenters. The molecule has 0 aliphatic heterocycles. The summed E-state index contributed by atoms with van der Waals surface area (Å²) in [6.07, 6.45) is 0.163. The normalized spacial score (nSPS) is 11.9. The van der Waals surface area contributed by atoms with Gasteiger partial charge < -0.3 is 4.74 Å². The van der Waals surface area contributed by atoms with Crippen LogP contribution in [0.4, 0.5) is 5.69 Å². The van der Waals surface area contributed by atoms with Crippen LogP contribution in [0, 0.1) is 10.1 Å². The predicted molar refractivity (Wildman–Crippen MR) is 89.8 cm³/mol. The second kappa shape index (κ2) is 8.07. The van der Waals surface area contributed by atoms with E-state index >= 15 is 0 Å². The first-order valence-corrected chi connectivity index (χ1v) is 8.76. The molecule has 23 heavy (non-hydrogen) atoms. The average Bonchev–Trinajstić information content (AvgIpc) is 2.94. The second-order valence-electron chi connectivity index (χ2n) is 4.70. The lowest BCUT2D eigenvalue weighted by atomic mass is 10.1. The first-order valence-electron chi connectivity index (χ1n) is 7.00. The summed E-state index contributed by atoms with van der Waals surface area (Å²) < 4.78 is 5.72. The minimum absolute atomic E-state index is 0.0245. The van der Waals surface area contributed by atoms with Crippen molar-refractivity contribution in [2.24, 2.45) is 0 Å². The number of carbonyl (C=O) groups is 1. The van der Waals surface area contributed by atoms with Crippen LogP contribution in [0.3, 0.4) is 0 Å². The quantitative estimate of drug-likeness (QED) is 0.324. The number of thioether (sulfide) groups is 1. The van der Waals surface area contributed by atoms with Crippen LogP contribution in [0.1, 0.15) is 30.4 Å². The number of carbonyl (C=O) groups excluding carboxylic acids is 1. The van der Waals surface area contributed by atoms with E-state index in [9.17, 15) is 14.9 Å². The summed E-state index contributed by atoms with van der Waals surface area (Å²) in [5.74, 6) is -0.291. The lowest BCUT2D eigenvalue weighted by Crippen LogP contribution is -2.07. The molecule has 0 N–H and O–H groups in total. The Morgan fingerprint density at radius 3 is 3.00 bits per heavy atom. The van der Waals surface area contributed by atoms with Crippen LogP contribution in [-0.4, -0.2) is 22.5 Å². The van der Waals surface area contributed by atoms with Crippen LogP contribution in [0.5, 0.6) is 0 Å². The molecule has 1 aromatic heterocycles. The van der Waals surface area contributed by atoms with E-state index < -0.39 is 4.92 Å². The summed E-state index contributed by atoms with van der Waals surface area (Å²) >= 11 is 2.96. The average molecular weight is 352 g/mol. The fraction of sp³-hybridized carbons (Fsp3) is 0.333. The Balaban J connectivity index is 2.02. The molecule has 0 aliphatic rings. The Morgan fingerprint density at radius 1 is 1.52 bits per heavy atom. The maximum atomic E-state index is 11.4. The highest BCUT2D eigenvalue weighted by atomic mass is 32.2. The number of non-ortho nitro benzene ring substituents is 1. The van der Waals surface area contributed by atoms with E-state index in [-0.39, 0.29) is 23.3 Å². The maximum Gasteiger partial charge on any atom is 0.311 e. The number of benzene rings is 1. The Bertz CT molecular complexity index is 702. The highest BCUT2D eigenvalue weighted by Gasteiger charge is 2.15. The van der Waals surface area contributed by atoms with E-state index in [4.69, 9.17) is 4.74 Å². The van der Waals surface area contributed by atoms with E-state index in [1.54, 1.807) is 19.1 Å². The largest absolute Gasteiger partial charge is 0.466 e. The fourth-order valence-electron chi connectivity index (χ4n) is 1.89. The van der Waals surface area contributed by atoms with Crippen LogP contribution in [0.25, 0.3) is 0 Å². The van der Waals surface area contributed by atoms with Gasteiger partial charge in [-0.25, -0.2) is 4.98 Å². The lowest BCUT2D eigenvalue weighted by molar-refractivity contribution is -0.384. The van der Waals surface area contributed by atoms with Gasteiger partial charge in [-0.1, -0.05) is 23.9 Å². The van der Waals surface area contributed by atoms with Crippen molar-refractivity contribution in [3.63, 3.8) is 0 Å². The number of thiazole rings is 1. The van der Waals surface area contributed by atoms with Gasteiger partial charge in [0, 0.05) is 22.8 Å². The van der Waals surface area contributed by atoms with Gasteiger partial charge >= 0.3 is 5.97 Å². The van der Waals surface area contributed by atoms with Gasteiger partial charge in [-0.3, -0.25) is 14.9 Å². The molecule has 0 fully saturated rings. The molecule has 1 heterocycles. The standard InChI is InChI=1S/C15H16N2O4S2/c1-3-21-14(18)8-12-9-22-15(16-12)23-10(2)11-5-4-6-13(7-11)17(19)20/h4-7,9-10H,3,8H2,1-2H3/t10-/m1/s1. The van der Waals surface area contributed by atoms with Crippen molar-refractivity contribution in [1.29, 1.82) is 0 Å². The van der Waals surface area contributed by atoms with Gasteiger partial charge in [0.05, 0.1) is 23.6 Å². The Kier molecular flexibility index (Phi) is 6.12. The van der Waals surface area contributed by atoms with E-state index in [1.807, 2.05) is 18.4 Å². The van der Waals surface area contributed by atoms with Crippen molar-refractivity contribution >= 4 is 34.8 Å². The molecule has 1 atom stereocenters. The van der Waals surface area contributed by atoms with Gasteiger partial charge in [-0.15, -0.1) is 11.3 Å². The molecule has 0 saturated heterocycles. The molecule has 0 spiro atoms. The van der Waals surface area contributed by atoms with Gasteiger partial charge in [0.1, 0.15) is 0 Å². The van der Waals surface area contributed by atoms with Crippen LogP contribution >= 0.6 is 23.1 Å². The molecule has 0 amide bonds. The molecule has 0 aliphatic carbocycles. The summed E-state index contributed by atoms with van der Waals surface area (Å²) in [4.78, 5) is 26.3. The molecule has 8 heteroatoms. The summed E-state index contributed by atoms with van der Waals surface area (Å²) in [6.45, 7) is 4.09. The van der Waals surface area contributed by atoms with Crippen molar-refractivity contribution in [2.75, 3.05) is 6.61 Å². The third kappa shape index (κ3) is 5.04. The van der Waals surface area contributed by atoms with Crippen LogP contribution in [0.2, 0.25) is 0 Å². The van der Waals surface area contributed by atoms with E-state index in [1.165, 1.54) is 29.2 Å². The summed E-state index contributed by atoms with van der Waals surface area (Å²) in [6, 6.07) is 6.59. The fourth-order valence-corrected chi connectivity index (χ4v) is 3.99. The number of nitro groups is 1. The predicted octanol–water partition coefficient (Wildman–Crippen LogP) is 4.01.